The number of aliphatic carboxylic acids is 1. The second-order valence-corrected chi connectivity index (χ2v) is 6.02. The zero-order valence-electron chi connectivity index (χ0n) is 10.4. The van der Waals surface area contributed by atoms with Crippen LogP contribution >= 0.6 is 11.3 Å². The van der Waals surface area contributed by atoms with Gasteiger partial charge in [-0.3, -0.25) is 9.59 Å². The van der Waals surface area contributed by atoms with Gasteiger partial charge in [0.25, 0.3) is 0 Å². The summed E-state index contributed by atoms with van der Waals surface area (Å²) in [5, 5.41) is 23.2. The highest BCUT2D eigenvalue weighted by atomic mass is 32.1. The molecule has 0 spiro atoms. The van der Waals surface area contributed by atoms with E-state index >= 15 is 0 Å². The Morgan fingerprint density at radius 3 is 2.70 bits per heavy atom. The number of anilines is 1. The Kier molecular flexibility index (Phi) is 3.07. The Bertz CT molecular complexity index is 643. The van der Waals surface area contributed by atoms with Crippen molar-refractivity contribution in [3.63, 3.8) is 0 Å². The molecule has 1 fully saturated rings. The van der Waals surface area contributed by atoms with Gasteiger partial charge in [-0.1, -0.05) is 12.2 Å². The number of nitriles is 1. The summed E-state index contributed by atoms with van der Waals surface area (Å²) in [6, 6.07) is 3.64. The van der Waals surface area contributed by atoms with Crippen LogP contribution in [0.15, 0.2) is 23.6 Å². The first kappa shape index (κ1) is 12.9. The number of hydrogen-bond acceptors (Lipinski definition) is 4. The Labute approximate surface area is 119 Å². The molecule has 6 heteroatoms. The molecule has 0 saturated heterocycles. The lowest BCUT2D eigenvalue weighted by atomic mass is 9.82. The van der Waals surface area contributed by atoms with Gasteiger partial charge in [0.2, 0.25) is 5.91 Å². The van der Waals surface area contributed by atoms with Crippen LogP contribution in [-0.2, 0) is 9.59 Å². The highest BCUT2D eigenvalue weighted by Crippen LogP contribution is 2.48. The summed E-state index contributed by atoms with van der Waals surface area (Å²) >= 11 is 1.27. The first-order valence-electron chi connectivity index (χ1n) is 6.31. The number of carboxylic acid groups (broad SMARTS) is 1. The largest absolute Gasteiger partial charge is 0.481 e. The van der Waals surface area contributed by atoms with Crippen molar-refractivity contribution >= 4 is 28.2 Å². The van der Waals surface area contributed by atoms with Gasteiger partial charge >= 0.3 is 5.97 Å². The zero-order valence-corrected chi connectivity index (χ0v) is 11.3. The summed E-state index contributed by atoms with van der Waals surface area (Å²) in [6.07, 6.45) is 4.57. The molecular formula is C14H12N2O3S. The fourth-order valence-corrected chi connectivity index (χ4v) is 3.95. The first-order chi connectivity index (χ1) is 9.61. The predicted octanol–water partition coefficient (Wildman–Crippen LogP) is 2.08. The smallest absolute Gasteiger partial charge is 0.307 e. The number of thiophene rings is 1. The van der Waals surface area contributed by atoms with Crippen molar-refractivity contribution in [3.05, 3.63) is 29.2 Å². The minimum atomic E-state index is -0.923. The fourth-order valence-electron chi connectivity index (χ4n) is 3.21. The predicted molar refractivity (Wildman–Crippen MR) is 73.0 cm³/mol. The van der Waals surface area contributed by atoms with Crippen LogP contribution in [0.2, 0.25) is 0 Å². The van der Waals surface area contributed by atoms with E-state index < -0.39 is 17.8 Å². The van der Waals surface area contributed by atoms with Gasteiger partial charge in [0.1, 0.15) is 11.1 Å². The van der Waals surface area contributed by atoms with E-state index in [0.717, 1.165) is 6.42 Å². The van der Waals surface area contributed by atoms with Crippen molar-refractivity contribution in [2.75, 3.05) is 5.32 Å². The molecule has 1 heterocycles. The molecule has 4 atom stereocenters. The minimum Gasteiger partial charge on any atom is -0.481 e. The van der Waals surface area contributed by atoms with Crippen LogP contribution in [0, 0.1) is 35.0 Å². The van der Waals surface area contributed by atoms with Gasteiger partial charge in [-0.25, -0.2) is 0 Å². The summed E-state index contributed by atoms with van der Waals surface area (Å²) < 4.78 is 0. The molecule has 0 aliphatic heterocycles. The molecule has 1 aromatic rings. The van der Waals surface area contributed by atoms with Gasteiger partial charge in [0.15, 0.2) is 0 Å². The monoisotopic (exact) mass is 288 g/mol. The first-order valence-corrected chi connectivity index (χ1v) is 7.19. The molecule has 5 nitrogen and oxygen atoms in total. The normalized spacial score (nSPS) is 30.1. The fraction of sp³-hybridized carbons (Fsp3) is 0.357. The third kappa shape index (κ3) is 1.91. The van der Waals surface area contributed by atoms with E-state index in [4.69, 9.17) is 5.26 Å². The number of allylic oxidation sites excluding steroid dienone is 2. The van der Waals surface area contributed by atoms with Gasteiger partial charge < -0.3 is 10.4 Å². The summed E-state index contributed by atoms with van der Waals surface area (Å²) in [4.78, 5) is 23.7. The number of carboxylic acids is 1. The van der Waals surface area contributed by atoms with E-state index in [1.165, 1.54) is 11.3 Å². The summed E-state index contributed by atoms with van der Waals surface area (Å²) in [6.45, 7) is 0. The number of fused-ring (bicyclic) bond motifs is 2. The quantitative estimate of drug-likeness (QED) is 0.833. The molecule has 1 saturated carbocycles. The summed E-state index contributed by atoms with van der Waals surface area (Å²) in [7, 11) is 0. The van der Waals surface area contributed by atoms with Crippen molar-refractivity contribution in [3.8, 4) is 6.07 Å². The van der Waals surface area contributed by atoms with Crippen molar-refractivity contribution in [1.82, 2.24) is 0 Å². The molecule has 2 unspecified atom stereocenters. The molecule has 102 valence electrons. The molecule has 20 heavy (non-hydrogen) atoms. The molecule has 1 amide bonds. The van der Waals surface area contributed by atoms with Crippen molar-refractivity contribution < 1.29 is 14.7 Å². The average Bonchev–Trinajstić information content (AvgIpc) is 3.12. The lowest BCUT2D eigenvalue weighted by Crippen LogP contribution is -2.36. The van der Waals surface area contributed by atoms with Gasteiger partial charge in [-0.2, -0.15) is 5.26 Å². The van der Waals surface area contributed by atoms with E-state index in [9.17, 15) is 14.7 Å². The Balaban J connectivity index is 1.82. The van der Waals surface area contributed by atoms with Crippen LogP contribution in [0.1, 0.15) is 12.0 Å². The van der Waals surface area contributed by atoms with Crippen molar-refractivity contribution in [2.45, 2.75) is 6.42 Å². The maximum absolute atomic E-state index is 12.4. The van der Waals surface area contributed by atoms with Crippen LogP contribution < -0.4 is 5.32 Å². The lowest BCUT2D eigenvalue weighted by Gasteiger charge is -2.23. The van der Waals surface area contributed by atoms with Gasteiger partial charge in [-0.15, -0.1) is 11.3 Å². The van der Waals surface area contributed by atoms with E-state index in [1.54, 1.807) is 11.4 Å². The highest BCUT2D eigenvalue weighted by molar-refractivity contribution is 7.14. The van der Waals surface area contributed by atoms with Crippen LogP contribution in [0.3, 0.4) is 0 Å². The molecule has 2 aliphatic carbocycles. The topological polar surface area (TPSA) is 90.2 Å². The Hall–Kier alpha value is -2.13. The third-order valence-corrected chi connectivity index (χ3v) is 4.90. The van der Waals surface area contributed by atoms with E-state index in [2.05, 4.69) is 5.32 Å². The number of rotatable bonds is 3. The molecule has 2 N–H and O–H groups in total. The molecule has 2 bridgehead atoms. The minimum absolute atomic E-state index is 0.00778. The van der Waals surface area contributed by atoms with Crippen molar-refractivity contribution in [2.24, 2.45) is 23.7 Å². The average molecular weight is 288 g/mol. The zero-order chi connectivity index (χ0) is 14.3. The van der Waals surface area contributed by atoms with Crippen LogP contribution in [-0.4, -0.2) is 17.0 Å². The lowest BCUT2D eigenvalue weighted by molar-refractivity contribution is -0.146. The summed E-state index contributed by atoms with van der Waals surface area (Å²) in [5.74, 6) is -2.48. The van der Waals surface area contributed by atoms with Gasteiger partial charge in [0.05, 0.1) is 17.4 Å². The second kappa shape index (κ2) is 4.76. The Morgan fingerprint density at radius 2 is 2.05 bits per heavy atom. The van der Waals surface area contributed by atoms with Crippen LogP contribution in [0.4, 0.5) is 5.00 Å². The molecular weight excluding hydrogens is 276 g/mol. The third-order valence-electron chi connectivity index (χ3n) is 4.07. The Morgan fingerprint density at radius 1 is 1.35 bits per heavy atom. The highest BCUT2D eigenvalue weighted by Gasteiger charge is 2.51. The maximum atomic E-state index is 12.4. The number of amides is 1. The summed E-state index contributed by atoms with van der Waals surface area (Å²) in [5.41, 5.74) is 0.411. The standard InChI is InChI=1S/C14H12N2O3S/c15-6-9-3-4-20-13(9)16-12(17)10-7-1-2-8(5-7)11(10)14(18)19/h1-4,7-8,10-11H,5H2,(H,16,17)(H,18,19)/t7?,8?,10-,11+/m0/s1. The molecule has 2 aliphatic rings. The number of hydrogen-bond donors (Lipinski definition) is 2. The molecule has 3 rings (SSSR count). The molecule has 0 radical (unpaired) electrons. The van der Waals surface area contributed by atoms with Gasteiger partial charge in [-0.05, 0) is 29.7 Å². The van der Waals surface area contributed by atoms with E-state index in [1.807, 2.05) is 18.2 Å². The number of carbonyl (C=O) groups excluding carboxylic acids is 1. The van der Waals surface area contributed by atoms with E-state index in [0.29, 0.717) is 10.6 Å². The molecule has 0 aromatic carbocycles. The second-order valence-electron chi connectivity index (χ2n) is 5.10. The van der Waals surface area contributed by atoms with Gasteiger partial charge in [0, 0.05) is 0 Å². The SMILES string of the molecule is N#Cc1ccsc1NC(=O)[C@H]1C2C=CC(C2)[C@H]1C(=O)O. The molecule has 1 aromatic heterocycles. The van der Waals surface area contributed by atoms with Crippen LogP contribution in [0.5, 0.6) is 0 Å². The maximum Gasteiger partial charge on any atom is 0.307 e. The number of carbonyl (C=O) groups is 2. The van der Waals surface area contributed by atoms with Crippen LogP contribution in [0.25, 0.3) is 0 Å². The number of nitrogens with zero attached hydrogens (tertiary/aromatic N) is 1. The van der Waals surface area contributed by atoms with Crippen molar-refractivity contribution in [1.29, 1.82) is 5.26 Å². The number of nitrogens with one attached hydrogen (secondary N) is 1. The van der Waals surface area contributed by atoms with E-state index in [-0.39, 0.29) is 17.7 Å².